The molecule has 34 heavy (non-hydrogen) atoms. The predicted octanol–water partition coefficient (Wildman–Crippen LogP) is 3.77. The highest BCUT2D eigenvalue weighted by molar-refractivity contribution is 7.18. The fourth-order valence-corrected chi connectivity index (χ4v) is 5.00. The number of likely N-dealkylation sites (N-methyl/N-ethyl adjacent to an activating group) is 1. The number of amides is 1. The molecule has 1 amide bonds. The van der Waals surface area contributed by atoms with Crippen LogP contribution in [0.15, 0.2) is 36.7 Å². The average molecular weight is 477 g/mol. The molecule has 176 valence electrons. The van der Waals surface area contributed by atoms with Crippen molar-refractivity contribution in [3.63, 3.8) is 0 Å². The molecule has 0 radical (unpaired) electrons. The summed E-state index contributed by atoms with van der Waals surface area (Å²) in [5.41, 5.74) is 4.01. The summed E-state index contributed by atoms with van der Waals surface area (Å²) in [5, 5.41) is 13.9. The standard InChI is InChI=1S/C24H28N8OS/c1-15-16(2)34-23-19(15)12-25-24(29-23)28-20-13-26-30-21(20)22(33)27-18-6-4-17(5-7-18)14-32-10-8-31(3)9-11-32/h4-7,12-13H,8-11,14H2,1-3H3,(H,26,30)(H,27,33)(H,25,28,29). The van der Waals surface area contributed by atoms with Crippen LogP contribution in [-0.2, 0) is 6.54 Å². The Morgan fingerprint density at radius 2 is 1.88 bits per heavy atom. The van der Waals surface area contributed by atoms with Gasteiger partial charge < -0.3 is 15.5 Å². The van der Waals surface area contributed by atoms with Gasteiger partial charge in [-0.3, -0.25) is 14.8 Å². The van der Waals surface area contributed by atoms with Gasteiger partial charge >= 0.3 is 0 Å². The molecule has 0 spiro atoms. The van der Waals surface area contributed by atoms with E-state index in [1.54, 1.807) is 17.5 Å². The molecular weight excluding hydrogens is 448 g/mol. The van der Waals surface area contributed by atoms with Crippen molar-refractivity contribution in [2.75, 3.05) is 43.9 Å². The van der Waals surface area contributed by atoms with Crippen LogP contribution >= 0.6 is 11.3 Å². The summed E-state index contributed by atoms with van der Waals surface area (Å²) in [5.74, 6) is 0.146. The van der Waals surface area contributed by atoms with Gasteiger partial charge in [0.25, 0.3) is 5.91 Å². The van der Waals surface area contributed by atoms with Crippen LogP contribution in [0.4, 0.5) is 17.3 Å². The number of aromatic amines is 1. The van der Waals surface area contributed by atoms with E-state index in [0.29, 0.717) is 17.3 Å². The Labute approximate surface area is 202 Å². The van der Waals surface area contributed by atoms with E-state index in [2.05, 4.69) is 73.6 Å². The maximum atomic E-state index is 12.9. The number of piperazine rings is 1. The van der Waals surface area contributed by atoms with Crippen LogP contribution in [0.2, 0.25) is 0 Å². The minimum atomic E-state index is -0.282. The molecule has 3 aromatic heterocycles. The van der Waals surface area contributed by atoms with Gasteiger partial charge in [0, 0.05) is 54.9 Å². The summed E-state index contributed by atoms with van der Waals surface area (Å²) in [4.78, 5) is 28.8. The Kier molecular flexibility index (Phi) is 6.27. The van der Waals surface area contributed by atoms with Gasteiger partial charge in [-0.1, -0.05) is 12.1 Å². The Bertz CT molecular complexity index is 1300. The monoisotopic (exact) mass is 476 g/mol. The maximum absolute atomic E-state index is 12.9. The zero-order chi connectivity index (χ0) is 23.7. The maximum Gasteiger partial charge on any atom is 0.275 e. The van der Waals surface area contributed by atoms with Gasteiger partial charge in [0.2, 0.25) is 5.95 Å². The van der Waals surface area contributed by atoms with Crippen molar-refractivity contribution in [3.05, 3.63) is 58.4 Å². The van der Waals surface area contributed by atoms with Gasteiger partial charge in [0.1, 0.15) is 10.5 Å². The molecule has 0 bridgehead atoms. The van der Waals surface area contributed by atoms with Crippen LogP contribution in [0.25, 0.3) is 10.2 Å². The van der Waals surface area contributed by atoms with Gasteiger partial charge in [-0.2, -0.15) is 5.10 Å². The third kappa shape index (κ3) is 4.79. The van der Waals surface area contributed by atoms with Crippen molar-refractivity contribution >= 4 is 44.8 Å². The minimum absolute atomic E-state index is 0.282. The zero-order valence-electron chi connectivity index (χ0n) is 19.6. The number of aryl methyl sites for hydroxylation is 2. The third-order valence-corrected chi connectivity index (χ3v) is 7.38. The number of hydrogen-bond donors (Lipinski definition) is 3. The van der Waals surface area contributed by atoms with Crippen molar-refractivity contribution in [2.45, 2.75) is 20.4 Å². The molecule has 0 saturated carbocycles. The Morgan fingerprint density at radius 3 is 2.65 bits per heavy atom. The molecule has 0 aliphatic carbocycles. The largest absolute Gasteiger partial charge is 0.321 e. The molecule has 1 saturated heterocycles. The molecule has 9 nitrogen and oxygen atoms in total. The summed E-state index contributed by atoms with van der Waals surface area (Å²) in [7, 11) is 2.16. The molecule has 3 N–H and O–H groups in total. The van der Waals surface area contributed by atoms with Crippen molar-refractivity contribution in [1.82, 2.24) is 30.0 Å². The van der Waals surface area contributed by atoms with E-state index in [-0.39, 0.29) is 5.91 Å². The van der Waals surface area contributed by atoms with Crippen molar-refractivity contribution in [3.8, 4) is 0 Å². The number of rotatable bonds is 6. The number of fused-ring (bicyclic) bond motifs is 1. The average Bonchev–Trinajstić information content (AvgIpc) is 3.40. The number of nitrogens with one attached hydrogen (secondary N) is 3. The number of benzene rings is 1. The van der Waals surface area contributed by atoms with Crippen LogP contribution in [0, 0.1) is 13.8 Å². The van der Waals surface area contributed by atoms with Crippen LogP contribution < -0.4 is 10.6 Å². The number of hydrogen-bond acceptors (Lipinski definition) is 8. The van der Waals surface area contributed by atoms with Crippen molar-refractivity contribution in [1.29, 1.82) is 0 Å². The lowest BCUT2D eigenvalue weighted by atomic mass is 10.1. The molecule has 1 aliphatic heterocycles. The van der Waals surface area contributed by atoms with E-state index in [1.807, 2.05) is 18.3 Å². The lowest BCUT2D eigenvalue weighted by Gasteiger charge is -2.32. The molecule has 4 aromatic rings. The summed E-state index contributed by atoms with van der Waals surface area (Å²) in [6.45, 7) is 9.42. The predicted molar refractivity (Wildman–Crippen MR) is 136 cm³/mol. The summed E-state index contributed by atoms with van der Waals surface area (Å²) < 4.78 is 0. The lowest BCUT2D eigenvalue weighted by molar-refractivity contribution is 0.102. The van der Waals surface area contributed by atoms with Crippen LogP contribution in [0.3, 0.4) is 0 Å². The number of carbonyl (C=O) groups excluding carboxylic acids is 1. The molecule has 1 aromatic carbocycles. The van der Waals surface area contributed by atoms with Crippen molar-refractivity contribution < 1.29 is 4.79 Å². The van der Waals surface area contributed by atoms with Crippen LogP contribution in [0.5, 0.6) is 0 Å². The highest BCUT2D eigenvalue weighted by Gasteiger charge is 2.17. The fourth-order valence-electron chi connectivity index (χ4n) is 4.00. The van der Waals surface area contributed by atoms with E-state index in [1.165, 1.54) is 16.0 Å². The minimum Gasteiger partial charge on any atom is -0.321 e. The first-order chi connectivity index (χ1) is 16.5. The molecule has 1 fully saturated rings. The molecule has 0 unspecified atom stereocenters. The number of thiophene rings is 1. The molecule has 0 atom stereocenters. The van der Waals surface area contributed by atoms with E-state index >= 15 is 0 Å². The highest BCUT2D eigenvalue weighted by atomic mass is 32.1. The van der Waals surface area contributed by atoms with Gasteiger partial charge in [0.15, 0.2) is 0 Å². The van der Waals surface area contributed by atoms with Gasteiger partial charge in [-0.25, -0.2) is 9.97 Å². The van der Waals surface area contributed by atoms with Crippen molar-refractivity contribution in [2.24, 2.45) is 0 Å². The summed E-state index contributed by atoms with van der Waals surface area (Å²) in [6, 6.07) is 8.00. The first-order valence-electron chi connectivity index (χ1n) is 11.3. The van der Waals surface area contributed by atoms with E-state index in [0.717, 1.165) is 48.6 Å². The second kappa shape index (κ2) is 9.49. The first-order valence-corrected chi connectivity index (χ1v) is 12.1. The second-order valence-corrected chi connectivity index (χ2v) is 9.91. The lowest BCUT2D eigenvalue weighted by Crippen LogP contribution is -2.43. The van der Waals surface area contributed by atoms with Crippen LogP contribution in [0.1, 0.15) is 26.5 Å². The molecule has 10 heteroatoms. The topological polar surface area (TPSA) is 102 Å². The third-order valence-electron chi connectivity index (χ3n) is 6.26. The van der Waals surface area contributed by atoms with E-state index in [4.69, 9.17) is 0 Å². The second-order valence-electron chi connectivity index (χ2n) is 8.71. The van der Waals surface area contributed by atoms with Gasteiger partial charge in [-0.15, -0.1) is 11.3 Å². The molecule has 1 aliphatic rings. The normalized spacial score (nSPS) is 15.0. The highest BCUT2D eigenvalue weighted by Crippen LogP contribution is 2.29. The summed E-state index contributed by atoms with van der Waals surface area (Å²) >= 11 is 1.63. The fraction of sp³-hybridized carbons (Fsp3) is 0.333. The Balaban J connectivity index is 1.23. The molecular formula is C24H28N8OS. The number of H-pyrrole nitrogens is 1. The smallest absolute Gasteiger partial charge is 0.275 e. The zero-order valence-corrected chi connectivity index (χ0v) is 20.4. The SMILES string of the molecule is Cc1sc2nc(Nc3cn[nH]c3C(=O)Nc3ccc(CN4CCN(C)CC4)cc3)ncc2c1C. The summed E-state index contributed by atoms with van der Waals surface area (Å²) in [6.07, 6.45) is 3.37. The molecule has 4 heterocycles. The van der Waals surface area contributed by atoms with Crippen LogP contribution in [-0.4, -0.2) is 69.1 Å². The molecule has 5 rings (SSSR count). The van der Waals surface area contributed by atoms with E-state index in [9.17, 15) is 4.79 Å². The quantitative estimate of drug-likeness (QED) is 0.389. The number of nitrogens with zero attached hydrogens (tertiary/aromatic N) is 5. The first kappa shape index (κ1) is 22.5. The number of carbonyl (C=O) groups is 1. The van der Waals surface area contributed by atoms with E-state index < -0.39 is 0 Å². The van der Waals surface area contributed by atoms with Gasteiger partial charge in [0.05, 0.1) is 11.9 Å². The number of anilines is 3. The number of aromatic nitrogens is 4. The Hall–Kier alpha value is -3.34. The Morgan fingerprint density at radius 1 is 1.12 bits per heavy atom. The van der Waals surface area contributed by atoms with Gasteiger partial charge in [-0.05, 0) is 44.2 Å².